The highest BCUT2D eigenvalue weighted by atomic mass is 16.6. The molecule has 0 aromatic heterocycles. The van der Waals surface area contributed by atoms with Gasteiger partial charge in [0.15, 0.2) is 0 Å². The van der Waals surface area contributed by atoms with E-state index in [-0.39, 0.29) is 6.09 Å². The fourth-order valence-corrected chi connectivity index (χ4v) is 2.93. The Morgan fingerprint density at radius 2 is 1.95 bits per heavy atom. The minimum absolute atomic E-state index is 0.322. The molecule has 0 spiro atoms. The van der Waals surface area contributed by atoms with Crippen LogP contribution < -0.4 is 11.1 Å². The molecule has 3 N–H and O–H groups in total. The van der Waals surface area contributed by atoms with Crippen molar-refractivity contribution in [3.8, 4) is 0 Å². The van der Waals surface area contributed by atoms with Crippen molar-refractivity contribution >= 4 is 6.09 Å². The molecule has 0 heterocycles. The highest BCUT2D eigenvalue weighted by Gasteiger charge is 2.24. The predicted molar refractivity (Wildman–Crippen MR) is 86.3 cm³/mol. The second-order valence-corrected chi connectivity index (χ2v) is 7.06. The van der Waals surface area contributed by atoms with Gasteiger partial charge >= 0.3 is 6.09 Å². The molecule has 5 heteroatoms. The van der Waals surface area contributed by atoms with Crippen LogP contribution >= 0.6 is 0 Å². The van der Waals surface area contributed by atoms with E-state index in [2.05, 4.69) is 17.3 Å². The topological polar surface area (TPSA) is 67.6 Å². The molecule has 0 aromatic rings. The van der Waals surface area contributed by atoms with Gasteiger partial charge in [0.2, 0.25) is 0 Å². The molecule has 0 aromatic carbocycles. The fourth-order valence-electron chi connectivity index (χ4n) is 2.93. The molecule has 1 unspecified atom stereocenters. The van der Waals surface area contributed by atoms with Crippen molar-refractivity contribution in [2.24, 2.45) is 5.73 Å². The van der Waals surface area contributed by atoms with Crippen LogP contribution in [0.4, 0.5) is 4.79 Å². The van der Waals surface area contributed by atoms with Gasteiger partial charge in [-0.25, -0.2) is 4.79 Å². The van der Waals surface area contributed by atoms with E-state index in [1.54, 1.807) is 0 Å². The van der Waals surface area contributed by atoms with E-state index in [0.29, 0.717) is 25.2 Å². The van der Waals surface area contributed by atoms with E-state index >= 15 is 0 Å². The van der Waals surface area contributed by atoms with Crippen molar-refractivity contribution < 1.29 is 9.53 Å². The number of likely N-dealkylation sites (N-methyl/N-ethyl adjacent to an activating group) is 1. The van der Waals surface area contributed by atoms with Gasteiger partial charge < -0.3 is 15.8 Å². The van der Waals surface area contributed by atoms with Gasteiger partial charge in [-0.05, 0) is 47.1 Å². The summed E-state index contributed by atoms with van der Waals surface area (Å²) >= 11 is 0. The van der Waals surface area contributed by atoms with Gasteiger partial charge in [-0.2, -0.15) is 0 Å². The van der Waals surface area contributed by atoms with E-state index in [4.69, 9.17) is 10.5 Å². The minimum Gasteiger partial charge on any atom is -0.444 e. The van der Waals surface area contributed by atoms with Gasteiger partial charge in [-0.15, -0.1) is 0 Å². The standard InChI is InChI=1S/C16H33N3O2/c1-16(2,3)21-15(20)18-11-10-14(12-17)19(4)13-8-6-5-7-9-13/h13-14H,5-12,17H2,1-4H3,(H,18,20). The van der Waals surface area contributed by atoms with E-state index < -0.39 is 5.60 Å². The Bertz CT molecular complexity index is 309. The molecule has 0 bridgehead atoms. The van der Waals surface area contributed by atoms with Gasteiger partial charge in [-0.1, -0.05) is 19.3 Å². The first-order valence-electron chi connectivity index (χ1n) is 8.22. The zero-order chi connectivity index (χ0) is 15.9. The SMILES string of the molecule is CN(C(CN)CCNC(=O)OC(C)(C)C)C1CCCCC1. The lowest BCUT2D eigenvalue weighted by molar-refractivity contribution is 0.0519. The van der Waals surface area contributed by atoms with Crippen molar-refractivity contribution in [1.29, 1.82) is 0 Å². The maximum Gasteiger partial charge on any atom is 0.407 e. The van der Waals surface area contributed by atoms with Crippen molar-refractivity contribution in [3.63, 3.8) is 0 Å². The van der Waals surface area contributed by atoms with E-state index in [0.717, 1.165) is 6.42 Å². The summed E-state index contributed by atoms with van der Waals surface area (Å²) in [5.74, 6) is 0. The molecule has 1 saturated carbocycles. The number of nitrogens with one attached hydrogen (secondary N) is 1. The van der Waals surface area contributed by atoms with E-state index in [1.807, 2.05) is 20.8 Å². The Balaban J connectivity index is 2.31. The van der Waals surface area contributed by atoms with Crippen LogP contribution in [0.25, 0.3) is 0 Å². The third-order valence-electron chi connectivity index (χ3n) is 4.14. The lowest BCUT2D eigenvalue weighted by atomic mass is 9.93. The van der Waals surface area contributed by atoms with Gasteiger partial charge in [0.25, 0.3) is 0 Å². The molecule has 1 atom stereocenters. The number of alkyl carbamates (subject to hydrolysis) is 1. The third kappa shape index (κ3) is 7.14. The van der Waals surface area contributed by atoms with Gasteiger partial charge in [0.1, 0.15) is 5.60 Å². The van der Waals surface area contributed by atoms with Crippen LogP contribution in [0.1, 0.15) is 59.3 Å². The highest BCUT2D eigenvalue weighted by Crippen LogP contribution is 2.23. The first-order chi connectivity index (χ1) is 9.83. The average Bonchev–Trinajstić information content (AvgIpc) is 2.42. The van der Waals surface area contributed by atoms with Crippen molar-refractivity contribution in [2.75, 3.05) is 20.1 Å². The number of ether oxygens (including phenoxy) is 1. The Morgan fingerprint density at radius 3 is 2.48 bits per heavy atom. The summed E-state index contributed by atoms with van der Waals surface area (Å²) in [6, 6.07) is 0.969. The first kappa shape index (κ1) is 18.2. The average molecular weight is 299 g/mol. The second-order valence-electron chi connectivity index (χ2n) is 7.06. The van der Waals surface area contributed by atoms with Crippen LogP contribution in [0, 0.1) is 0 Å². The maximum absolute atomic E-state index is 11.6. The largest absolute Gasteiger partial charge is 0.444 e. The zero-order valence-electron chi connectivity index (χ0n) is 14.2. The van der Waals surface area contributed by atoms with Crippen LogP contribution in [0.15, 0.2) is 0 Å². The summed E-state index contributed by atoms with van der Waals surface area (Å²) in [7, 11) is 2.17. The van der Waals surface area contributed by atoms with Gasteiger partial charge in [-0.3, -0.25) is 4.90 Å². The lowest BCUT2D eigenvalue weighted by Gasteiger charge is -2.36. The summed E-state index contributed by atoms with van der Waals surface area (Å²) in [6.07, 6.45) is 7.06. The fraction of sp³-hybridized carbons (Fsp3) is 0.938. The van der Waals surface area contributed by atoms with E-state index in [9.17, 15) is 4.79 Å². The zero-order valence-corrected chi connectivity index (χ0v) is 14.2. The molecule has 0 radical (unpaired) electrons. The lowest BCUT2D eigenvalue weighted by Crippen LogP contribution is -2.46. The van der Waals surface area contributed by atoms with Crippen LogP contribution in [0.2, 0.25) is 0 Å². The molecule has 1 fully saturated rings. The Morgan fingerprint density at radius 1 is 1.33 bits per heavy atom. The number of carbonyl (C=O) groups is 1. The first-order valence-corrected chi connectivity index (χ1v) is 8.22. The summed E-state index contributed by atoms with van der Waals surface area (Å²) in [6.45, 7) is 6.83. The molecule has 1 rings (SSSR count). The molecule has 0 saturated heterocycles. The molecule has 21 heavy (non-hydrogen) atoms. The highest BCUT2D eigenvalue weighted by molar-refractivity contribution is 5.67. The number of amides is 1. The molecule has 5 nitrogen and oxygen atoms in total. The number of rotatable bonds is 6. The molecule has 124 valence electrons. The van der Waals surface area contributed by atoms with Crippen molar-refractivity contribution in [3.05, 3.63) is 0 Å². The number of hydrogen-bond acceptors (Lipinski definition) is 4. The molecule has 1 aliphatic carbocycles. The monoisotopic (exact) mass is 299 g/mol. The van der Waals surface area contributed by atoms with Gasteiger partial charge in [0.05, 0.1) is 0 Å². The molecular weight excluding hydrogens is 266 g/mol. The summed E-state index contributed by atoms with van der Waals surface area (Å²) < 4.78 is 5.24. The molecule has 1 aliphatic rings. The Labute approximate surface area is 129 Å². The number of nitrogens with zero attached hydrogens (tertiary/aromatic N) is 1. The van der Waals surface area contributed by atoms with Crippen molar-refractivity contribution in [1.82, 2.24) is 10.2 Å². The van der Waals surface area contributed by atoms with E-state index in [1.165, 1.54) is 32.1 Å². The molecule has 0 aliphatic heterocycles. The Kier molecular flexibility index (Phi) is 7.46. The van der Waals surface area contributed by atoms with Crippen molar-refractivity contribution in [2.45, 2.75) is 77.0 Å². The van der Waals surface area contributed by atoms with Gasteiger partial charge in [0, 0.05) is 25.2 Å². The predicted octanol–water partition coefficient (Wildman–Crippen LogP) is 2.49. The summed E-state index contributed by atoms with van der Waals surface area (Å²) in [5.41, 5.74) is 5.47. The molecular formula is C16H33N3O2. The van der Waals surface area contributed by atoms with Crippen LogP contribution in [-0.4, -0.2) is 48.8 Å². The Hall–Kier alpha value is -0.810. The quantitative estimate of drug-likeness (QED) is 0.791. The summed E-state index contributed by atoms with van der Waals surface area (Å²) in [4.78, 5) is 14.0. The normalized spacial score (nSPS) is 18.6. The number of nitrogens with two attached hydrogens (primary N) is 1. The number of carbonyl (C=O) groups excluding carboxylic acids is 1. The second kappa shape index (κ2) is 8.59. The minimum atomic E-state index is -0.448. The van der Waals surface area contributed by atoms with Crippen LogP contribution in [0.3, 0.4) is 0 Å². The number of hydrogen-bond donors (Lipinski definition) is 2. The molecule has 1 amide bonds. The maximum atomic E-state index is 11.6. The smallest absolute Gasteiger partial charge is 0.407 e. The van der Waals surface area contributed by atoms with Crippen LogP contribution in [0.5, 0.6) is 0 Å². The summed E-state index contributed by atoms with van der Waals surface area (Å²) in [5, 5.41) is 2.82. The third-order valence-corrected chi connectivity index (χ3v) is 4.14. The van der Waals surface area contributed by atoms with Crippen LogP contribution in [-0.2, 0) is 4.74 Å².